The SMILES string of the molecule is C#Cc1c(F)ccc2cc(O)cc(-c3c(F)c4nc(OC[C@]5(CN6CCC(=C(F)F)CC6)CC5(F)F)nc(N5C6CCC5CNC6)c4c4cn(C)nc34)c12. The number of piperidine rings is 1. The number of rotatable bonds is 7. The fourth-order valence-electron chi connectivity index (χ4n) is 8.85. The first-order valence-electron chi connectivity index (χ1n) is 17.9. The monoisotopic (exact) mass is 747 g/mol. The number of piperazine rings is 1. The minimum Gasteiger partial charge on any atom is -0.508 e. The van der Waals surface area contributed by atoms with Crippen molar-refractivity contribution in [2.75, 3.05) is 44.2 Å². The van der Waals surface area contributed by atoms with Crippen LogP contribution in [0.25, 0.3) is 43.7 Å². The minimum absolute atomic E-state index is 0.00615. The summed E-state index contributed by atoms with van der Waals surface area (Å²) in [7, 11) is 1.68. The van der Waals surface area contributed by atoms with Crippen LogP contribution in [0, 0.1) is 29.4 Å². The van der Waals surface area contributed by atoms with Gasteiger partial charge in [-0.1, -0.05) is 12.0 Å². The van der Waals surface area contributed by atoms with Crippen LogP contribution < -0.4 is 15.0 Å². The maximum absolute atomic E-state index is 17.6. The molecule has 54 heavy (non-hydrogen) atoms. The van der Waals surface area contributed by atoms with Gasteiger partial charge in [0.1, 0.15) is 35.0 Å². The van der Waals surface area contributed by atoms with E-state index >= 15 is 17.6 Å². The lowest BCUT2D eigenvalue weighted by Crippen LogP contribution is -2.52. The zero-order chi connectivity index (χ0) is 37.7. The second kappa shape index (κ2) is 12.5. The predicted octanol–water partition coefficient (Wildman–Crippen LogP) is 6.89. The van der Waals surface area contributed by atoms with Crippen molar-refractivity contribution < 1.29 is 36.2 Å². The van der Waals surface area contributed by atoms with Crippen molar-refractivity contribution in [3.8, 4) is 35.2 Å². The Kier molecular flexibility index (Phi) is 8.02. The summed E-state index contributed by atoms with van der Waals surface area (Å²) in [5.41, 5.74) is -1.65. The van der Waals surface area contributed by atoms with Crippen LogP contribution >= 0.6 is 0 Å². The van der Waals surface area contributed by atoms with Crippen LogP contribution in [-0.4, -0.2) is 87.1 Å². The van der Waals surface area contributed by atoms with Gasteiger partial charge in [-0.3, -0.25) is 4.68 Å². The van der Waals surface area contributed by atoms with Crippen molar-refractivity contribution in [1.29, 1.82) is 0 Å². The largest absolute Gasteiger partial charge is 0.508 e. The standard InChI is InChI=1S/C39H35F6N7O2/c1-3-25-28(40)7-4-21-12-24(53)13-26(29(21)25)30-32(41)34-31(27-16-50(2)49-33(27)30)36(52-22-5-6-23(52)15-46-14-22)48-37(47-34)54-19-38(17-39(38,44)45)18-51-10-8-20(9-11-51)35(42)43/h1,4,7,12-13,16,22-23,46,53H,5-6,8-11,14-15,17-19H2,2H3/t22?,23?,38-/m1/s1. The first-order valence-corrected chi connectivity index (χ1v) is 17.9. The fraction of sp³-hybridized carbons (Fsp3) is 0.410. The van der Waals surface area contributed by atoms with E-state index in [1.165, 1.54) is 28.9 Å². The number of aromatic hydroxyl groups is 1. The van der Waals surface area contributed by atoms with Crippen LogP contribution in [0.3, 0.4) is 0 Å². The Morgan fingerprint density at radius 3 is 2.44 bits per heavy atom. The number of hydrogen-bond acceptors (Lipinski definition) is 8. The molecule has 0 spiro atoms. The predicted molar refractivity (Wildman–Crippen MR) is 191 cm³/mol. The molecular weight excluding hydrogens is 712 g/mol. The number of hydrogen-bond donors (Lipinski definition) is 2. The van der Waals surface area contributed by atoms with Gasteiger partial charge in [0, 0.05) is 80.8 Å². The quantitative estimate of drug-likeness (QED) is 0.138. The van der Waals surface area contributed by atoms with E-state index < -0.39 is 42.1 Å². The molecule has 3 aliphatic heterocycles. The Hall–Kier alpha value is -5.07. The van der Waals surface area contributed by atoms with Crippen molar-refractivity contribution in [2.45, 2.75) is 50.1 Å². The number of aryl methyl sites for hydroxylation is 1. The third kappa shape index (κ3) is 5.44. The zero-order valence-corrected chi connectivity index (χ0v) is 29.2. The molecule has 280 valence electrons. The molecule has 0 amide bonds. The van der Waals surface area contributed by atoms with Crippen molar-refractivity contribution in [3.05, 3.63) is 59.3 Å². The van der Waals surface area contributed by atoms with E-state index in [4.69, 9.17) is 16.1 Å². The molecule has 4 fully saturated rings. The first-order chi connectivity index (χ1) is 25.9. The third-order valence-corrected chi connectivity index (χ3v) is 11.7. The smallest absolute Gasteiger partial charge is 0.319 e. The molecular formula is C39H35F6N7O2. The van der Waals surface area contributed by atoms with Crippen LogP contribution in [-0.2, 0) is 7.05 Å². The first kappa shape index (κ1) is 34.7. The lowest BCUT2D eigenvalue weighted by molar-refractivity contribution is 0.0205. The van der Waals surface area contributed by atoms with E-state index in [2.05, 4.69) is 26.2 Å². The maximum Gasteiger partial charge on any atom is 0.319 e. The minimum atomic E-state index is -3.08. The highest BCUT2D eigenvalue weighted by Gasteiger charge is 2.72. The summed E-state index contributed by atoms with van der Waals surface area (Å²) in [6.45, 7) is 1.19. The number of halogens is 6. The molecule has 3 saturated heterocycles. The highest BCUT2D eigenvalue weighted by Crippen LogP contribution is 2.61. The topological polar surface area (TPSA) is 91.6 Å². The number of fused-ring (bicyclic) bond motifs is 6. The van der Waals surface area contributed by atoms with Gasteiger partial charge >= 0.3 is 6.01 Å². The molecule has 9 rings (SSSR count). The number of phenolic OH excluding ortho intramolecular Hbond substituents is 1. The number of alkyl halides is 2. The average Bonchev–Trinajstić information content (AvgIpc) is 3.32. The Balaban J connectivity index is 1.21. The van der Waals surface area contributed by atoms with Gasteiger partial charge in [-0.25, -0.2) is 17.6 Å². The van der Waals surface area contributed by atoms with Gasteiger partial charge in [0.25, 0.3) is 12.0 Å². The van der Waals surface area contributed by atoms with E-state index in [1.54, 1.807) is 18.1 Å². The molecule has 2 N–H and O–H groups in total. The molecule has 15 heteroatoms. The van der Waals surface area contributed by atoms with Gasteiger partial charge in [0.2, 0.25) is 0 Å². The number of ether oxygens (including phenoxy) is 1. The molecule has 3 aromatic carbocycles. The number of likely N-dealkylation sites (tertiary alicyclic amines) is 1. The van der Waals surface area contributed by atoms with E-state index in [0.29, 0.717) is 35.1 Å². The number of nitrogens with zero attached hydrogens (tertiary/aromatic N) is 6. The van der Waals surface area contributed by atoms with Crippen LogP contribution in [0.4, 0.5) is 32.2 Å². The van der Waals surface area contributed by atoms with Crippen molar-refractivity contribution in [3.63, 3.8) is 0 Å². The number of nitrogens with one attached hydrogen (secondary N) is 1. The van der Waals surface area contributed by atoms with E-state index in [0.717, 1.165) is 12.8 Å². The van der Waals surface area contributed by atoms with Gasteiger partial charge < -0.3 is 25.0 Å². The highest BCUT2D eigenvalue weighted by atomic mass is 19.3. The van der Waals surface area contributed by atoms with Gasteiger partial charge in [0.05, 0.1) is 16.4 Å². The summed E-state index contributed by atoms with van der Waals surface area (Å²) in [5, 5.41) is 20.3. The van der Waals surface area contributed by atoms with Gasteiger partial charge in [-0.2, -0.15) is 23.8 Å². The Morgan fingerprint density at radius 2 is 1.78 bits per heavy atom. The van der Waals surface area contributed by atoms with Gasteiger partial charge in [0.15, 0.2) is 5.82 Å². The van der Waals surface area contributed by atoms with Crippen LogP contribution in [0.15, 0.2) is 42.1 Å². The van der Waals surface area contributed by atoms with Crippen molar-refractivity contribution in [1.82, 2.24) is 30.0 Å². The number of terminal acetylenes is 1. The number of aromatic nitrogens is 4. The summed E-state index contributed by atoms with van der Waals surface area (Å²) in [5.74, 6) is -2.11. The van der Waals surface area contributed by atoms with Gasteiger partial charge in [-0.15, -0.1) is 6.42 Å². The average molecular weight is 748 g/mol. The zero-order valence-electron chi connectivity index (χ0n) is 29.2. The molecule has 9 nitrogen and oxygen atoms in total. The fourth-order valence-corrected chi connectivity index (χ4v) is 8.85. The van der Waals surface area contributed by atoms with Crippen LogP contribution in [0.5, 0.6) is 11.8 Å². The van der Waals surface area contributed by atoms with Crippen LogP contribution in [0.1, 0.15) is 37.7 Å². The molecule has 3 atom stereocenters. The van der Waals surface area contributed by atoms with E-state index in [-0.39, 0.29) is 95.0 Å². The lowest BCUT2D eigenvalue weighted by atomic mass is 9.91. The molecule has 2 unspecified atom stereocenters. The Morgan fingerprint density at radius 1 is 1.06 bits per heavy atom. The van der Waals surface area contributed by atoms with Gasteiger partial charge in [-0.05, 0) is 60.4 Å². The van der Waals surface area contributed by atoms with Crippen LogP contribution in [0.2, 0.25) is 0 Å². The highest BCUT2D eigenvalue weighted by molar-refractivity contribution is 6.18. The molecule has 5 heterocycles. The molecule has 2 bridgehead atoms. The van der Waals surface area contributed by atoms with E-state index in [1.807, 2.05) is 0 Å². The summed E-state index contributed by atoms with van der Waals surface area (Å²) in [6.07, 6.45) is 7.19. The van der Waals surface area contributed by atoms with E-state index in [9.17, 15) is 13.9 Å². The molecule has 2 aromatic heterocycles. The molecule has 1 aliphatic carbocycles. The van der Waals surface area contributed by atoms with Crippen molar-refractivity contribution in [2.24, 2.45) is 12.5 Å². The number of phenols is 1. The molecule has 1 saturated carbocycles. The molecule has 4 aliphatic rings. The molecule has 0 radical (unpaired) electrons. The Bertz CT molecular complexity index is 2430. The summed E-state index contributed by atoms with van der Waals surface area (Å²) in [6, 6.07) is 5.04. The Labute approximate surface area is 305 Å². The summed E-state index contributed by atoms with van der Waals surface area (Å²) < 4.78 is 97.0. The number of benzene rings is 3. The third-order valence-electron chi connectivity index (χ3n) is 11.7. The summed E-state index contributed by atoms with van der Waals surface area (Å²) >= 11 is 0. The maximum atomic E-state index is 17.6. The summed E-state index contributed by atoms with van der Waals surface area (Å²) in [4.78, 5) is 13.2. The lowest BCUT2D eigenvalue weighted by Gasteiger charge is -2.37. The normalized spacial score (nSPS) is 23.7. The second-order valence-electron chi connectivity index (χ2n) is 15.0. The number of anilines is 1. The van der Waals surface area contributed by atoms with Crippen molar-refractivity contribution >= 4 is 38.4 Å². The second-order valence-corrected chi connectivity index (χ2v) is 15.0. The molecule has 5 aromatic rings.